The molecule has 1 saturated heterocycles. The molecule has 0 aromatic carbocycles. The Morgan fingerprint density at radius 3 is 2.39 bits per heavy atom. The van der Waals surface area contributed by atoms with Gasteiger partial charge in [-0.1, -0.05) is 0 Å². The van der Waals surface area contributed by atoms with Crippen LogP contribution in [0.3, 0.4) is 0 Å². The van der Waals surface area contributed by atoms with Crippen LogP contribution in [0.5, 0.6) is 0 Å². The predicted octanol–water partition coefficient (Wildman–Crippen LogP) is 1.33. The Morgan fingerprint density at radius 1 is 1.11 bits per heavy atom. The van der Waals surface area contributed by atoms with Gasteiger partial charge in [-0.25, -0.2) is 4.57 Å². The topological polar surface area (TPSA) is 104 Å². The zero-order chi connectivity index (χ0) is 21.1. The predicted molar refractivity (Wildman–Crippen MR) is 104 cm³/mol. The van der Waals surface area contributed by atoms with Crippen LogP contribution in [-0.2, 0) is 27.8 Å². The zero-order valence-corrected chi connectivity index (χ0v) is 17.9. The first-order chi connectivity index (χ1) is 13.0. The fourth-order valence-corrected chi connectivity index (χ4v) is 4.49. The van der Waals surface area contributed by atoms with Crippen LogP contribution in [0.15, 0.2) is 0 Å². The lowest BCUT2D eigenvalue weighted by molar-refractivity contribution is -0.0619. The van der Waals surface area contributed by atoms with E-state index in [-0.39, 0.29) is 37.9 Å². The molecular weight excluding hydrogens is 385 g/mol. The van der Waals surface area contributed by atoms with Gasteiger partial charge in [0.15, 0.2) is 0 Å². The Balaban J connectivity index is 1.91. The van der Waals surface area contributed by atoms with Crippen molar-refractivity contribution < 1.29 is 37.8 Å². The van der Waals surface area contributed by atoms with Crippen molar-refractivity contribution in [1.82, 2.24) is 0 Å². The lowest BCUT2D eigenvalue weighted by Gasteiger charge is -2.26. The number of hydrogen-bond donors (Lipinski definition) is 2. The van der Waals surface area contributed by atoms with E-state index in [1.807, 2.05) is 27.7 Å². The third-order valence-electron chi connectivity index (χ3n) is 4.83. The molecule has 2 aliphatic rings. The van der Waals surface area contributed by atoms with Gasteiger partial charge < -0.3 is 24.2 Å². The molecule has 0 spiro atoms. The number of hydrogen-bond acceptors (Lipinski definition) is 7. The monoisotopic (exact) mass is 416 g/mol. The van der Waals surface area contributed by atoms with E-state index in [1.54, 1.807) is 0 Å². The quantitative estimate of drug-likeness (QED) is 0.406. The van der Waals surface area contributed by atoms with E-state index in [9.17, 15) is 14.6 Å². The maximum atomic E-state index is 12.5. The molecule has 2 unspecified atom stereocenters. The summed E-state index contributed by atoms with van der Waals surface area (Å²) in [6.07, 6.45) is -1.93. The SMILES string of the molecule is [B][C@H]1C[C@@H](OC(C)C)[C@@H](COP(=O)(O)O[C@@H]2C[C@H]([B])C(O)[C@@H]2COC(C)C)O1. The molecule has 28 heavy (non-hydrogen) atoms. The van der Waals surface area contributed by atoms with Crippen molar-refractivity contribution >= 4 is 23.5 Å². The lowest BCUT2D eigenvalue weighted by Crippen LogP contribution is -2.32. The van der Waals surface area contributed by atoms with Crippen molar-refractivity contribution in [2.45, 2.75) is 89.0 Å². The van der Waals surface area contributed by atoms with E-state index < -0.39 is 43.9 Å². The smallest absolute Gasteiger partial charge is 0.393 e. The minimum atomic E-state index is -4.41. The van der Waals surface area contributed by atoms with Crippen LogP contribution in [0.25, 0.3) is 0 Å². The van der Waals surface area contributed by atoms with Gasteiger partial charge in [0.05, 0.1) is 51.6 Å². The summed E-state index contributed by atoms with van der Waals surface area (Å²) in [5, 5.41) is 10.2. The maximum absolute atomic E-state index is 12.5. The summed E-state index contributed by atoms with van der Waals surface area (Å²) < 4.78 is 39.7. The standard InChI is InChI=1S/C17H31B2O8P/c1-9(2)23-7-11-13(5-12(18)17(11)20)27-28(21,22)24-8-15-14(25-10(3)4)6-16(19)26-15/h9-17,20H,5-8H2,1-4H3,(H,21,22)/t11-,12+,13-,14-,15-,16-,17?/m1/s1. The molecule has 2 N–H and O–H groups in total. The first-order valence-electron chi connectivity index (χ1n) is 9.76. The summed E-state index contributed by atoms with van der Waals surface area (Å²) in [6, 6.07) is -0.517. The van der Waals surface area contributed by atoms with E-state index in [0.717, 1.165) is 0 Å². The number of phosphoric acid groups is 1. The van der Waals surface area contributed by atoms with Crippen LogP contribution in [0, 0.1) is 5.92 Å². The normalized spacial score (nSPS) is 38.4. The van der Waals surface area contributed by atoms with Crippen LogP contribution < -0.4 is 0 Å². The first-order valence-corrected chi connectivity index (χ1v) is 11.3. The highest BCUT2D eigenvalue weighted by molar-refractivity contribution is 7.47. The molecule has 2 rings (SSSR count). The van der Waals surface area contributed by atoms with Crippen LogP contribution in [-0.4, -0.2) is 81.5 Å². The van der Waals surface area contributed by atoms with Crippen molar-refractivity contribution in [3.05, 3.63) is 0 Å². The fourth-order valence-electron chi connectivity index (χ4n) is 3.51. The van der Waals surface area contributed by atoms with Gasteiger partial charge in [0.1, 0.15) is 14.0 Å². The van der Waals surface area contributed by atoms with Gasteiger partial charge in [-0.15, -0.1) is 0 Å². The number of rotatable bonds is 10. The van der Waals surface area contributed by atoms with E-state index in [0.29, 0.717) is 6.42 Å². The summed E-state index contributed by atoms with van der Waals surface area (Å²) in [6.45, 7) is 7.46. The van der Waals surface area contributed by atoms with Crippen molar-refractivity contribution in [2.24, 2.45) is 5.92 Å². The van der Waals surface area contributed by atoms with E-state index in [2.05, 4.69) is 0 Å². The molecule has 1 saturated carbocycles. The average molecular weight is 416 g/mol. The molecule has 0 bridgehead atoms. The van der Waals surface area contributed by atoms with Crippen LogP contribution in [0.1, 0.15) is 40.5 Å². The molecule has 8 nitrogen and oxygen atoms in total. The molecule has 2 fully saturated rings. The molecule has 8 atom stereocenters. The number of ether oxygens (including phenoxy) is 3. The van der Waals surface area contributed by atoms with Gasteiger partial charge in [0.25, 0.3) is 0 Å². The Kier molecular flexibility index (Phi) is 9.05. The Morgan fingerprint density at radius 2 is 1.79 bits per heavy atom. The molecule has 1 heterocycles. The maximum Gasteiger partial charge on any atom is 0.472 e. The molecule has 4 radical (unpaired) electrons. The molecule has 158 valence electrons. The summed E-state index contributed by atoms with van der Waals surface area (Å²) in [5.41, 5.74) is 0. The molecule has 1 aliphatic heterocycles. The summed E-state index contributed by atoms with van der Waals surface area (Å²) in [4.78, 5) is 10.2. The lowest BCUT2D eigenvalue weighted by atomic mass is 9.83. The third-order valence-corrected chi connectivity index (χ3v) is 5.84. The number of phosphoric ester groups is 1. The van der Waals surface area contributed by atoms with Gasteiger partial charge in [0.2, 0.25) is 0 Å². The molecule has 0 aromatic heterocycles. The number of aliphatic hydroxyl groups excluding tert-OH is 1. The van der Waals surface area contributed by atoms with Gasteiger partial charge in [0, 0.05) is 11.9 Å². The summed E-state index contributed by atoms with van der Waals surface area (Å²) in [5.74, 6) is -1.08. The Hall–Kier alpha value is 0.0799. The summed E-state index contributed by atoms with van der Waals surface area (Å²) in [7, 11) is 7.27. The van der Waals surface area contributed by atoms with Gasteiger partial charge in [-0.2, -0.15) is 0 Å². The summed E-state index contributed by atoms with van der Waals surface area (Å²) >= 11 is 0. The van der Waals surface area contributed by atoms with Crippen LogP contribution in [0.4, 0.5) is 0 Å². The minimum absolute atomic E-state index is 0.0400. The Bertz CT molecular complexity index is 537. The van der Waals surface area contributed by atoms with Gasteiger partial charge in [-0.3, -0.25) is 9.05 Å². The molecular formula is C17H31B2O8P. The third kappa shape index (κ3) is 7.10. The number of aliphatic hydroxyl groups is 1. The molecule has 1 aliphatic carbocycles. The van der Waals surface area contributed by atoms with Crippen molar-refractivity contribution in [3.63, 3.8) is 0 Å². The largest absolute Gasteiger partial charge is 0.472 e. The van der Waals surface area contributed by atoms with Crippen LogP contribution in [0.2, 0.25) is 5.82 Å². The molecule has 11 heteroatoms. The zero-order valence-electron chi connectivity index (χ0n) is 17.0. The van der Waals surface area contributed by atoms with Crippen molar-refractivity contribution in [2.75, 3.05) is 13.2 Å². The second-order valence-electron chi connectivity index (χ2n) is 8.02. The highest BCUT2D eigenvalue weighted by Gasteiger charge is 2.45. The van der Waals surface area contributed by atoms with Crippen molar-refractivity contribution in [1.29, 1.82) is 0 Å². The second kappa shape index (κ2) is 10.4. The second-order valence-corrected chi connectivity index (χ2v) is 9.42. The first kappa shape index (κ1) is 24.4. The van der Waals surface area contributed by atoms with Crippen LogP contribution >= 0.6 is 7.82 Å². The highest BCUT2D eigenvalue weighted by atomic mass is 31.2. The van der Waals surface area contributed by atoms with E-state index in [1.165, 1.54) is 0 Å². The Labute approximate surface area is 170 Å². The average Bonchev–Trinajstić information content (AvgIpc) is 3.02. The van der Waals surface area contributed by atoms with E-state index in [4.69, 9.17) is 39.0 Å². The molecule has 0 aromatic rings. The molecule has 0 amide bonds. The highest BCUT2D eigenvalue weighted by Crippen LogP contribution is 2.50. The van der Waals surface area contributed by atoms with E-state index >= 15 is 0 Å². The van der Waals surface area contributed by atoms with Crippen molar-refractivity contribution in [3.8, 4) is 0 Å². The van der Waals surface area contributed by atoms with Gasteiger partial charge >= 0.3 is 7.82 Å². The fraction of sp³-hybridized carbons (Fsp3) is 1.00. The minimum Gasteiger partial charge on any atom is -0.393 e. The van der Waals surface area contributed by atoms with Gasteiger partial charge in [-0.05, 0) is 46.4 Å².